The Kier molecular flexibility index (Phi) is 3.31. The van der Waals surface area contributed by atoms with Crippen LogP contribution in [-0.2, 0) is 13.5 Å². The molecule has 0 aliphatic heterocycles. The standard InChI is InChI=1S/C11H16N6O/c1-3-4-7-5-9(15-14-7)13-11(18)10-8(12)6-17(2)16-10/h5-6H,3-4,12H2,1-2H3,(H2,13,14,15,18). The third-order valence-electron chi connectivity index (χ3n) is 2.46. The average Bonchev–Trinajstić information content (AvgIpc) is 2.86. The summed E-state index contributed by atoms with van der Waals surface area (Å²) in [5.41, 5.74) is 7.22. The van der Waals surface area contributed by atoms with Gasteiger partial charge in [0, 0.05) is 25.0 Å². The van der Waals surface area contributed by atoms with Gasteiger partial charge in [-0.1, -0.05) is 13.3 Å². The number of amides is 1. The first-order valence-corrected chi connectivity index (χ1v) is 5.75. The molecule has 0 unspecified atom stereocenters. The van der Waals surface area contributed by atoms with Crippen LogP contribution in [0, 0.1) is 0 Å². The van der Waals surface area contributed by atoms with Gasteiger partial charge in [-0.25, -0.2) is 0 Å². The molecular formula is C11H16N6O. The van der Waals surface area contributed by atoms with E-state index >= 15 is 0 Å². The number of rotatable bonds is 4. The van der Waals surface area contributed by atoms with Crippen LogP contribution in [0.1, 0.15) is 29.5 Å². The van der Waals surface area contributed by atoms with E-state index in [1.807, 2.05) is 0 Å². The van der Waals surface area contributed by atoms with Gasteiger partial charge in [0.1, 0.15) is 0 Å². The molecule has 0 aliphatic rings. The van der Waals surface area contributed by atoms with Crippen molar-refractivity contribution < 1.29 is 4.79 Å². The zero-order valence-corrected chi connectivity index (χ0v) is 10.4. The Balaban J connectivity index is 2.08. The molecule has 0 radical (unpaired) electrons. The fraction of sp³-hybridized carbons (Fsp3) is 0.364. The van der Waals surface area contributed by atoms with E-state index in [9.17, 15) is 4.79 Å². The molecule has 96 valence electrons. The van der Waals surface area contributed by atoms with E-state index in [1.165, 1.54) is 4.68 Å². The number of aryl methyl sites for hydroxylation is 2. The second kappa shape index (κ2) is 4.91. The number of aromatic nitrogens is 4. The van der Waals surface area contributed by atoms with Crippen molar-refractivity contribution in [1.82, 2.24) is 20.0 Å². The van der Waals surface area contributed by atoms with Gasteiger partial charge in [-0.05, 0) is 6.42 Å². The maximum absolute atomic E-state index is 11.9. The summed E-state index contributed by atoms with van der Waals surface area (Å²) in [5, 5.41) is 13.5. The van der Waals surface area contributed by atoms with Crippen molar-refractivity contribution in [2.45, 2.75) is 19.8 Å². The number of anilines is 2. The molecule has 18 heavy (non-hydrogen) atoms. The Morgan fingerprint density at radius 3 is 3.00 bits per heavy atom. The summed E-state index contributed by atoms with van der Waals surface area (Å²) in [7, 11) is 1.71. The summed E-state index contributed by atoms with van der Waals surface area (Å²) < 4.78 is 1.50. The number of nitrogens with zero attached hydrogens (tertiary/aromatic N) is 3. The van der Waals surface area contributed by atoms with E-state index in [0.717, 1.165) is 18.5 Å². The number of nitrogens with two attached hydrogens (primary N) is 1. The van der Waals surface area contributed by atoms with Gasteiger partial charge in [0.15, 0.2) is 11.5 Å². The molecule has 2 aromatic rings. The van der Waals surface area contributed by atoms with Gasteiger partial charge in [-0.2, -0.15) is 10.2 Å². The number of nitrogen functional groups attached to an aromatic ring is 1. The maximum atomic E-state index is 11.9. The average molecular weight is 248 g/mol. The summed E-state index contributed by atoms with van der Waals surface area (Å²) >= 11 is 0. The van der Waals surface area contributed by atoms with E-state index in [1.54, 1.807) is 19.3 Å². The zero-order valence-electron chi connectivity index (χ0n) is 10.4. The van der Waals surface area contributed by atoms with Crippen molar-refractivity contribution in [3.05, 3.63) is 23.7 Å². The number of hydrogen-bond acceptors (Lipinski definition) is 4. The second-order valence-electron chi connectivity index (χ2n) is 4.09. The first-order valence-electron chi connectivity index (χ1n) is 5.75. The number of nitrogens with one attached hydrogen (secondary N) is 2. The van der Waals surface area contributed by atoms with E-state index in [2.05, 4.69) is 27.5 Å². The van der Waals surface area contributed by atoms with Crippen LogP contribution in [0.4, 0.5) is 11.5 Å². The number of hydrogen-bond donors (Lipinski definition) is 3. The maximum Gasteiger partial charge on any atom is 0.279 e. The first kappa shape index (κ1) is 12.2. The van der Waals surface area contributed by atoms with Crippen LogP contribution in [0.2, 0.25) is 0 Å². The highest BCUT2D eigenvalue weighted by atomic mass is 16.2. The molecule has 0 spiro atoms. The normalized spacial score (nSPS) is 10.6. The monoisotopic (exact) mass is 248 g/mol. The first-order chi connectivity index (χ1) is 8.60. The molecule has 2 heterocycles. The highest BCUT2D eigenvalue weighted by Gasteiger charge is 2.15. The van der Waals surface area contributed by atoms with Gasteiger partial charge in [0.2, 0.25) is 0 Å². The van der Waals surface area contributed by atoms with E-state index in [-0.39, 0.29) is 11.6 Å². The fourth-order valence-corrected chi connectivity index (χ4v) is 1.68. The van der Waals surface area contributed by atoms with Crippen LogP contribution in [0.3, 0.4) is 0 Å². The quantitative estimate of drug-likeness (QED) is 0.749. The highest BCUT2D eigenvalue weighted by molar-refractivity contribution is 6.05. The van der Waals surface area contributed by atoms with Crippen LogP contribution < -0.4 is 11.1 Å². The molecule has 1 amide bonds. The molecule has 2 rings (SSSR count). The van der Waals surface area contributed by atoms with Gasteiger partial charge in [0.25, 0.3) is 5.91 Å². The molecular weight excluding hydrogens is 232 g/mol. The fourth-order valence-electron chi connectivity index (χ4n) is 1.68. The molecule has 0 bridgehead atoms. The lowest BCUT2D eigenvalue weighted by atomic mass is 10.2. The molecule has 0 aliphatic carbocycles. The minimum atomic E-state index is -0.359. The van der Waals surface area contributed by atoms with Crippen LogP contribution in [0.25, 0.3) is 0 Å². The molecule has 0 fully saturated rings. The van der Waals surface area contributed by atoms with Gasteiger partial charge in [-0.15, -0.1) is 0 Å². The number of aromatic amines is 1. The van der Waals surface area contributed by atoms with Crippen molar-refractivity contribution in [2.75, 3.05) is 11.1 Å². The van der Waals surface area contributed by atoms with Crippen LogP contribution in [0.15, 0.2) is 12.3 Å². The van der Waals surface area contributed by atoms with Crippen molar-refractivity contribution in [3.63, 3.8) is 0 Å². The molecule has 0 saturated heterocycles. The third-order valence-corrected chi connectivity index (χ3v) is 2.46. The van der Waals surface area contributed by atoms with Gasteiger partial charge < -0.3 is 11.1 Å². The number of carbonyl (C=O) groups excluding carboxylic acids is 1. The molecule has 0 aromatic carbocycles. The molecule has 2 aromatic heterocycles. The number of carbonyl (C=O) groups is 1. The third kappa shape index (κ3) is 2.50. The van der Waals surface area contributed by atoms with Crippen molar-refractivity contribution in [3.8, 4) is 0 Å². The Bertz CT molecular complexity index is 556. The lowest BCUT2D eigenvalue weighted by Gasteiger charge is -1.98. The topological polar surface area (TPSA) is 102 Å². The van der Waals surface area contributed by atoms with E-state index in [0.29, 0.717) is 11.5 Å². The SMILES string of the molecule is CCCc1cc(NC(=O)c2nn(C)cc2N)n[nH]1. The highest BCUT2D eigenvalue weighted by Crippen LogP contribution is 2.12. The summed E-state index contributed by atoms with van der Waals surface area (Å²) in [6.45, 7) is 2.08. The van der Waals surface area contributed by atoms with E-state index < -0.39 is 0 Å². The Morgan fingerprint density at radius 1 is 1.61 bits per heavy atom. The van der Waals surface area contributed by atoms with Crippen molar-refractivity contribution in [1.29, 1.82) is 0 Å². The van der Waals surface area contributed by atoms with Crippen molar-refractivity contribution >= 4 is 17.4 Å². The lowest BCUT2D eigenvalue weighted by molar-refractivity contribution is 0.102. The summed E-state index contributed by atoms with van der Waals surface area (Å²) in [6.07, 6.45) is 3.50. The summed E-state index contributed by atoms with van der Waals surface area (Å²) in [5.74, 6) is 0.121. The predicted octanol–water partition coefficient (Wildman–Crippen LogP) is 0.930. The molecule has 0 saturated carbocycles. The smallest absolute Gasteiger partial charge is 0.279 e. The van der Waals surface area contributed by atoms with Gasteiger partial charge in [0.05, 0.1) is 5.69 Å². The van der Waals surface area contributed by atoms with Crippen molar-refractivity contribution in [2.24, 2.45) is 7.05 Å². The summed E-state index contributed by atoms with van der Waals surface area (Å²) in [4.78, 5) is 11.9. The van der Waals surface area contributed by atoms with Crippen LogP contribution in [-0.4, -0.2) is 25.9 Å². The van der Waals surface area contributed by atoms with Gasteiger partial charge in [-0.3, -0.25) is 14.6 Å². The predicted molar refractivity (Wildman–Crippen MR) is 68.2 cm³/mol. The second-order valence-corrected chi connectivity index (χ2v) is 4.09. The van der Waals surface area contributed by atoms with Crippen LogP contribution >= 0.6 is 0 Å². The van der Waals surface area contributed by atoms with Gasteiger partial charge >= 0.3 is 0 Å². The molecule has 0 atom stereocenters. The minimum absolute atomic E-state index is 0.206. The minimum Gasteiger partial charge on any atom is -0.396 e. The Morgan fingerprint density at radius 2 is 2.39 bits per heavy atom. The Hall–Kier alpha value is -2.31. The molecule has 7 heteroatoms. The molecule has 7 nitrogen and oxygen atoms in total. The zero-order chi connectivity index (χ0) is 13.1. The summed E-state index contributed by atoms with van der Waals surface area (Å²) in [6, 6.07) is 1.81. The van der Waals surface area contributed by atoms with Crippen LogP contribution in [0.5, 0.6) is 0 Å². The molecule has 4 N–H and O–H groups in total. The number of H-pyrrole nitrogens is 1. The Labute approximate surface area is 104 Å². The largest absolute Gasteiger partial charge is 0.396 e. The lowest BCUT2D eigenvalue weighted by Crippen LogP contribution is -2.14. The van der Waals surface area contributed by atoms with E-state index in [4.69, 9.17) is 5.73 Å².